The Morgan fingerprint density at radius 3 is 3.00 bits per heavy atom. The van der Waals surface area contributed by atoms with Gasteiger partial charge in [-0.25, -0.2) is 4.98 Å². The quantitative estimate of drug-likeness (QED) is 0.881. The highest BCUT2D eigenvalue weighted by Gasteiger charge is 2.05. The molecule has 0 fully saturated rings. The summed E-state index contributed by atoms with van der Waals surface area (Å²) in [5.74, 6) is 0.621. The Balaban J connectivity index is 2.03. The van der Waals surface area contributed by atoms with E-state index in [0.717, 1.165) is 17.7 Å². The number of ether oxygens (including phenoxy) is 1. The summed E-state index contributed by atoms with van der Waals surface area (Å²) in [5, 5.41) is 12.2. The maximum absolute atomic E-state index is 9.04. The number of nitrogens with zero attached hydrogens (tertiary/aromatic N) is 3. The molecule has 0 aliphatic rings. The number of nitriles is 1. The predicted molar refractivity (Wildman–Crippen MR) is 80.9 cm³/mol. The van der Waals surface area contributed by atoms with Crippen LogP contribution in [0.3, 0.4) is 0 Å². The molecule has 1 N–H and O–H groups in total. The van der Waals surface area contributed by atoms with Gasteiger partial charge in [0.05, 0.1) is 23.6 Å². The summed E-state index contributed by atoms with van der Waals surface area (Å²) in [6.07, 6.45) is 6.06. The zero-order valence-electron chi connectivity index (χ0n) is 12.2. The fourth-order valence-corrected chi connectivity index (χ4v) is 1.74. The molecule has 0 saturated carbocycles. The van der Waals surface area contributed by atoms with Crippen LogP contribution in [0.25, 0.3) is 0 Å². The van der Waals surface area contributed by atoms with Crippen molar-refractivity contribution in [3.63, 3.8) is 0 Å². The van der Waals surface area contributed by atoms with Crippen LogP contribution in [0.5, 0.6) is 5.88 Å². The van der Waals surface area contributed by atoms with Gasteiger partial charge in [-0.1, -0.05) is 6.92 Å². The average Bonchev–Trinajstić information content (AvgIpc) is 2.53. The molecule has 0 saturated heterocycles. The lowest BCUT2D eigenvalue weighted by molar-refractivity contribution is 0.208. The van der Waals surface area contributed by atoms with Gasteiger partial charge in [0.2, 0.25) is 5.88 Å². The van der Waals surface area contributed by atoms with Gasteiger partial charge in [0.15, 0.2) is 0 Å². The summed E-state index contributed by atoms with van der Waals surface area (Å²) in [6, 6.07) is 7.64. The molecule has 0 radical (unpaired) electrons. The lowest BCUT2D eigenvalue weighted by Crippen LogP contribution is -2.11. The first-order chi connectivity index (χ1) is 10.2. The minimum atomic E-state index is 0.143. The second kappa shape index (κ2) is 7.25. The van der Waals surface area contributed by atoms with Crippen molar-refractivity contribution in [3.8, 4) is 11.9 Å². The number of aromatic nitrogens is 2. The Hall–Kier alpha value is -2.61. The predicted octanol–water partition coefficient (Wildman–Crippen LogP) is 3.14. The third-order valence-electron chi connectivity index (χ3n) is 3.12. The monoisotopic (exact) mass is 282 g/mol. The van der Waals surface area contributed by atoms with Crippen LogP contribution in [-0.4, -0.2) is 16.1 Å². The van der Waals surface area contributed by atoms with E-state index in [1.54, 1.807) is 24.7 Å². The van der Waals surface area contributed by atoms with Crippen LogP contribution in [0.15, 0.2) is 36.8 Å². The van der Waals surface area contributed by atoms with Crippen molar-refractivity contribution in [2.45, 2.75) is 32.9 Å². The molecule has 2 heterocycles. The van der Waals surface area contributed by atoms with Gasteiger partial charge in [0.25, 0.3) is 0 Å². The lowest BCUT2D eigenvalue weighted by atomic mass is 10.2. The van der Waals surface area contributed by atoms with E-state index in [0.29, 0.717) is 18.0 Å². The molecule has 2 aromatic rings. The third kappa shape index (κ3) is 4.18. The van der Waals surface area contributed by atoms with E-state index in [-0.39, 0.29) is 6.10 Å². The first-order valence-corrected chi connectivity index (χ1v) is 6.92. The van der Waals surface area contributed by atoms with Crippen molar-refractivity contribution in [1.82, 2.24) is 9.97 Å². The minimum absolute atomic E-state index is 0.143. The maximum atomic E-state index is 9.04. The Morgan fingerprint density at radius 1 is 1.38 bits per heavy atom. The molecule has 0 unspecified atom stereocenters. The van der Waals surface area contributed by atoms with E-state index >= 15 is 0 Å². The highest BCUT2D eigenvalue weighted by atomic mass is 16.5. The van der Waals surface area contributed by atoms with Gasteiger partial charge >= 0.3 is 0 Å². The smallest absolute Gasteiger partial charge is 0.213 e. The van der Waals surface area contributed by atoms with Crippen molar-refractivity contribution < 1.29 is 4.74 Å². The van der Waals surface area contributed by atoms with E-state index < -0.39 is 0 Å². The number of hydrogen-bond donors (Lipinski definition) is 1. The molecule has 2 rings (SSSR count). The van der Waals surface area contributed by atoms with Gasteiger partial charge in [0.1, 0.15) is 6.07 Å². The molecule has 0 aliphatic heterocycles. The lowest BCUT2D eigenvalue weighted by Gasteiger charge is -2.13. The Labute approximate surface area is 124 Å². The van der Waals surface area contributed by atoms with Crippen molar-refractivity contribution >= 4 is 5.69 Å². The summed E-state index contributed by atoms with van der Waals surface area (Å²) < 4.78 is 5.70. The number of rotatable bonds is 6. The van der Waals surface area contributed by atoms with Crippen LogP contribution in [0.2, 0.25) is 0 Å². The summed E-state index contributed by atoms with van der Waals surface area (Å²) in [7, 11) is 0. The summed E-state index contributed by atoms with van der Waals surface area (Å²) in [5.41, 5.74) is 2.34. The molecule has 5 heteroatoms. The minimum Gasteiger partial charge on any atom is -0.475 e. The van der Waals surface area contributed by atoms with E-state index in [4.69, 9.17) is 10.00 Å². The highest BCUT2D eigenvalue weighted by molar-refractivity contribution is 5.55. The first-order valence-electron chi connectivity index (χ1n) is 6.92. The van der Waals surface area contributed by atoms with Gasteiger partial charge in [0, 0.05) is 25.0 Å². The summed E-state index contributed by atoms with van der Waals surface area (Å²) >= 11 is 0. The van der Waals surface area contributed by atoms with Crippen molar-refractivity contribution in [2.75, 3.05) is 5.32 Å². The molecule has 0 spiro atoms. The van der Waals surface area contributed by atoms with Crippen LogP contribution in [0.4, 0.5) is 5.69 Å². The van der Waals surface area contributed by atoms with Gasteiger partial charge in [-0.15, -0.1) is 0 Å². The standard InChI is InChI=1S/C16H18N4O/c1-3-12(2)21-16-8-13(4-7-19-16)10-20-15-11-18-6-5-14(15)9-17/h4-8,11-12,20H,3,10H2,1-2H3/t12-/m1/s1. The fourth-order valence-electron chi connectivity index (χ4n) is 1.74. The third-order valence-corrected chi connectivity index (χ3v) is 3.12. The average molecular weight is 282 g/mol. The van der Waals surface area contributed by atoms with Gasteiger partial charge in [-0.05, 0) is 31.0 Å². The molecule has 0 bridgehead atoms. The molecule has 5 nitrogen and oxygen atoms in total. The first kappa shape index (κ1) is 14.8. The molecule has 0 aromatic carbocycles. The van der Waals surface area contributed by atoms with E-state index in [2.05, 4.69) is 28.3 Å². The van der Waals surface area contributed by atoms with Crippen molar-refractivity contribution in [1.29, 1.82) is 5.26 Å². The number of pyridine rings is 2. The van der Waals surface area contributed by atoms with Crippen molar-refractivity contribution in [2.24, 2.45) is 0 Å². The Bertz CT molecular complexity index is 636. The molecule has 108 valence electrons. The zero-order chi connectivity index (χ0) is 15.1. The van der Waals surface area contributed by atoms with E-state index in [1.165, 1.54) is 0 Å². The van der Waals surface area contributed by atoms with Gasteiger partial charge in [-0.2, -0.15) is 5.26 Å². The van der Waals surface area contributed by atoms with Gasteiger partial charge in [-0.3, -0.25) is 4.98 Å². The SMILES string of the molecule is CC[C@@H](C)Oc1cc(CNc2cnccc2C#N)ccn1. The van der Waals surface area contributed by atoms with Crippen LogP contribution in [0.1, 0.15) is 31.4 Å². The Morgan fingerprint density at radius 2 is 2.24 bits per heavy atom. The number of anilines is 1. The van der Waals surface area contributed by atoms with Crippen LogP contribution < -0.4 is 10.1 Å². The van der Waals surface area contributed by atoms with Crippen LogP contribution >= 0.6 is 0 Å². The molecule has 0 aliphatic carbocycles. The Kier molecular flexibility index (Phi) is 5.10. The second-order valence-electron chi connectivity index (χ2n) is 4.73. The maximum Gasteiger partial charge on any atom is 0.213 e. The topological polar surface area (TPSA) is 70.8 Å². The molecule has 2 aromatic heterocycles. The molecule has 0 amide bonds. The van der Waals surface area contributed by atoms with E-state index in [1.807, 2.05) is 19.1 Å². The molecule has 21 heavy (non-hydrogen) atoms. The fraction of sp³-hybridized carbons (Fsp3) is 0.312. The van der Waals surface area contributed by atoms with Crippen LogP contribution in [0, 0.1) is 11.3 Å². The summed E-state index contributed by atoms with van der Waals surface area (Å²) in [4.78, 5) is 8.22. The summed E-state index contributed by atoms with van der Waals surface area (Å²) in [6.45, 7) is 4.67. The zero-order valence-corrected chi connectivity index (χ0v) is 12.2. The largest absolute Gasteiger partial charge is 0.475 e. The van der Waals surface area contributed by atoms with Gasteiger partial charge < -0.3 is 10.1 Å². The highest BCUT2D eigenvalue weighted by Crippen LogP contribution is 2.16. The number of hydrogen-bond acceptors (Lipinski definition) is 5. The second-order valence-corrected chi connectivity index (χ2v) is 4.73. The molecular formula is C16H18N4O. The van der Waals surface area contributed by atoms with Crippen LogP contribution in [-0.2, 0) is 6.54 Å². The normalized spacial score (nSPS) is 11.5. The molecule has 1 atom stereocenters. The molecular weight excluding hydrogens is 264 g/mol. The number of nitrogens with one attached hydrogen (secondary N) is 1. The van der Waals surface area contributed by atoms with Crippen molar-refractivity contribution in [3.05, 3.63) is 47.9 Å². The van der Waals surface area contributed by atoms with E-state index in [9.17, 15) is 0 Å².